The molecule has 190 valence electrons. The average Bonchev–Trinajstić information content (AvgIpc) is 3.16. The molecule has 1 aliphatic rings. The minimum absolute atomic E-state index is 0.0694. The monoisotopic (exact) mass is 524 g/mol. The van der Waals surface area contributed by atoms with Gasteiger partial charge in [0.15, 0.2) is 0 Å². The smallest absolute Gasteiger partial charge is 0.365 e. The summed E-state index contributed by atoms with van der Waals surface area (Å²) in [5.74, 6) is -1.66. The molecule has 0 radical (unpaired) electrons. The molecule has 3 aromatic rings. The average molecular weight is 525 g/mol. The molecular formula is C22H20F4N6O3S. The Bertz CT molecular complexity index is 1450. The van der Waals surface area contributed by atoms with E-state index >= 15 is 0 Å². The van der Waals surface area contributed by atoms with E-state index in [9.17, 15) is 30.8 Å². The van der Waals surface area contributed by atoms with Crippen LogP contribution in [0.4, 0.5) is 46.4 Å². The lowest BCUT2D eigenvalue weighted by Gasteiger charge is -2.19. The molecule has 0 aliphatic carbocycles. The SMILES string of the molecule is CN(c1ccc(F)c(CNc2nc(Nc3ccc4c(c3)CC(=O)N4)ncc2C(F)(F)F)c1)S(C)(=O)=O. The van der Waals surface area contributed by atoms with Crippen LogP contribution < -0.4 is 20.3 Å². The van der Waals surface area contributed by atoms with E-state index in [1.807, 2.05) is 0 Å². The normalized spacial score (nSPS) is 13.2. The Kier molecular flexibility index (Phi) is 6.47. The topological polar surface area (TPSA) is 116 Å². The Morgan fingerprint density at radius 1 is 1.17 bits per heavy atom. The van der Waals surface area contributed by atoms with E-state index < -0.39 is 39.9 Å². The zero-order valence-electron chi connectivity index (χ0n) is 18.9. The van der Waals surface area contributed by atoms with Gasteiger partial charge in [-0.1, -0.05) is 0 Å². The van der Waals surface area contributed by atoms with Crippen LogP contribution in [-0.4, -0.2) is 37.6 Å². The first-order chi connectivity index (χ1) is 16.8. The van der Waals surface area contributed by atoms with Crippen molar-refractivity contribution in [3.05, 3.63) is 65.1 Å². The number of anilines is 5. The number of amides is 1. The van der Waals surface area contributed by atoms with Crippen molar-refractivity contribution in [2.24, 2.45) is 0 Å². The first kappa shape index (κ1) is 25.2. The Hall–Kier alpha value is -3.94. The maximum Gasteiger partial charge on any atom is 0.421 e. The molecule has 1 aromatic heterocycles. The highest BCUT2D eigenvalue weighted by atomic mass is 32.2. The van der Waals surface area contributed by atoms with Crippen LogP contribution in [0.1, 0.15) is 16.7 Å². The van der Waals surface area contributed by atoms with Gasteiger partial charge in [0.2, 0.25) is 21.9 Å². The van der Waals surface area contributed by atoms with Crippen molar-refractivity contribution in [3.63, 3.8) is 0 Å². The van der Waals surface area contributed by atoms with Gasteiger partial charge in [-0.3, -0.25) is 9.10 Å². The van der Waals surface area contributed by atoms with Crippen LogP contribution in [-0.2, 0) is 34.0 Å². The number of halogens is 4. The van der Waals surface area contributed by atoms with Crippen molar-refractivity contribution < 1.29 is 30.8 Å². The lowest BCUT2D eigenvalue weighted by atomic mass is 10.1. The van der Waals surface area contributed by atoms with Gasteiger partial charge in [-0.2, -0.15) is 18.2 Å². The van der Waals surface area contributed by atoms with Gasteiger partial charge >= 0.3 is 6.18 Å². The molecule has 2 heterocycles. The number of carbonyl (C=O) groups excluding carboxylic acids is 1. The summed E-state index contributed by atoms with van der Waals surface area (Å²) in [5.41, 5.74) is 0.721. The van der Waals surface area contributed by atoms with E-state index in [4.69, 9.17) is 0 Å². The summed E-state index contributed by atoms with van der Waals surface area (Å²) in [5, 5.41) is 7.96. The molecule has 0 saturated heterocycles. The molecule has 0 bridgehead atoms. The largest absolute Gasteiger partial charge is 0.421 e. The summed E-state index contributed by atoms with van der Waals surface area (Å²) in [6.45, 7) is -0.413. The van der Waals surface area contributed by atoms with Crippen molar-refractivity contribution in [2.45, 2.75) is 19.1 Å². The highest BCUT2D eigenvalue weighted by molar-refractivity contribution is 7.92. The van der Waals surface area contributed by atoms with Gasteiger partial charge in [0.1, 0.15) is 17.2 Å². The predicted octanol–water partition coefficient (Wildman–Crippen LogP) is 3.88. The van der Waals surface area contributed by atoms with Gasteiger partial charge in [0.05, 0.1) is 18.4 Å². The van der Waals surface area contributed by atoms with E-state index in [0.717, 1.165) is 16.6 Å². The van der Waals surface area contributed by atoms with Gasteiger partial charge in [0.25, 0.3) is 0 Å². The number of benzene rings is 2. The summed E-state index contributed by atoms with van der Waals surface area (Å²) >= 11 is 0. The third-order valence-corrected chi connectivity index (χ3v) is 6.62. The van der Waals surface area contributed by atoms with Crippen LogP contribution in [0.3, 0.4) is 0 Å². The number of carbonyl (C=O) groups is 1. The van der Waals surface area contributed by atoms with E-state index in [0.29, 0.717) is 23.1 Å². The molecule has 1 aliphatic heterocycles. The maximum absolute atomic E-state index is 14.4. The molecule has 9 nitrogen and oxygen atoms in total. The molecule has 0 saturated carbocycles. The first-order valence-corrected chi connectivity index (χ1v) is 12.3. The summed E-state index contributed by atoms with van der Waals surface area (Å²) in [6.07, 6.45) is -3.06. The van der Waals surface area contributed by atoms with Crippen molar-refractivity contribution in [2.75, 3.05) is 33.6 Å². The number of fused-ring (bicyclic) bond motifs is 1. The van der Waals surface area contributed by atoms with E-state index in [2.05, 4.69) is 25.9 Å². The lowest BCUT2D eigenvalue weighted by Crippen LogP contribution is -2.25. The first-order valence-electron chi connectivity index (χ1n) is 10.4. The van der Waals surface area contributed by atoms with Gasteiger partial charge in [-0.05, 0) is 42.0 Å². The molecule has 4 rings (SSSR count). The highest BCUT2D eigenvalue weighted by Crippen LogP contribution is 2.35. The van der Waals surface area contributed by atoms with Crippen LogP contribution in [0.15, 0.2) is 42.6 Å². The quantitative estimate of drug-likeness (QED) is 0.402. The van der Waals surface area contributed by atoms with Gasteiger partial charge in [-0.15, -0.1) is 0 Å². The fourth-order valence-electron chi connectivity index (χ4n) is 3.48. The summed E-state index contributed by atoms with van der Waals surface area (Å²) in [7, 11) is -2.36. The van der Waals surface area contributed by atoms with Crippen LogP contribution in [0.5, 0.6) is 0 Å². The van der Waals surface area contributed by atoms with Gasteiger partial charge in [0, 0.05) is 36.7 Å². The molecule has 1 amide bonds. The van der Waals surface area contributed by atoms with Crippen LogP contribution in [0, 0.1) is 5.82 Å². The summed E-state index contributed by atoms with van der Waals surface area (Å²) < 4.78 is 79.6. The van der Waals surface area contributed by atoms with Crippen LogP contribution >= 0.6 is 0 Å². The number of alkyl halides is 3. The van der Waals surface area contributed by atoms with E-state index in [1.165, 1.54) is 19.2 Å². The van der Waals surface area contributed by atoms with Crippen LogP contribution in [0.25, 0.3) is 0 Å². The second-order valence-corrected chi connectivity index (χ2v) is 10.0. The number of nitrogens with zero attached hydrogens (tertiary/aromatic N) is 3. The number of hydrogen-bond acceptors (Lipinski definition) is 7. The zero-order chi connectivity index (χ0) is 26.3. The Balaban J connectivity index is 1.60. The van der Waals surface area contributed by atoms with E-state index in [1.54, 1.807) is 18.2 Å². The zero-order valence-corrected chi connectivity index (χ0v) is 19.8. The molecule has 0 spiro atoms. The third kappa shape index (κ3) is 5.48. The molecule has 14 heteroatoms. The van der Waals surface area contributed by atoms with Crippen molar-refractivity contribution >= 4 is 44.8 Å². The number of sulfonamides is 1. The minimum atomic E-state index is -4.79. The van der Waals surface area contributed by atoms with Crippen molar-refractivity contribution in [1.29, 1.82) is 0 Å². The van der Waals surface area contributed by atoms with Gasteiger partial charge in [-0.25, -0.2) is 17.8 Å². The molecular weight excluding hydrogens is 504 g/mol. The van der Waals surface area contributed by atoms with Crippen molar-refractivity contribution in [3.8, 4) is 0 Å². The standard InChI is InChI=1S/C22H20F4N6O3S/c1-32(36(2,34)35)15-4-5-17(23)13(8-15)10-27-20-16(22(24,25)26)11-28-21(31-20)29-14-3-6-18-12(7-14)9-19(33)30-18/h3-8,11H,9-10H2,1-2H3,(H,30,33)(H2,27,28,29,31). The fourth-order valence-corrected chi connectivity index (χ4v) is 3.98. The predicted molar refractivity (Wildman–Crippen MR) is 126 cm³/mol. The number of aromatic nitrogens is 2. The Morgan fingerprint density at radius 2 is 1.92 bits per heavy atom. The third-order valence-electron chi connectivity index (χ3n) is 5.42. The second kappa shape index (κ2) is 9.26. The molecule has 0 unspecified atom stereocenters. The van der Waals surface area contributed by atoms with Gasteiger partial charge < -0.3 is 16.0 Å². The lowest BCUT2D eigenvalue weighted by molar-refractivity contribution is -0.137. The second-order valence-electron chi connectivity index (χ2n) is 8.04. The molecule has 3 N–H and O–H groups in total. The van der Waals surface area contributed by atoms with Crippen LogP contribution in [0.2, 0.25) is 0 Å². The number of nitrogens with one attached hydrogen (secondary N) is 3. The Labute approximate surface area is 203 Å². The summed E-state index contributed by atoms with van der Waals surface area (Å²) in [4.78, 5) is 19.2. The minimum Gasteiger partial charge on any atom is -0.365 e. The molecule has 0 fully saturated rings. The van der Waals surface area contributed by atoms with Crippen molar-refractivity contribution in [1.82, 2.24) is 9.97 Å². The van der Waals surface area contributed by atoms with E-state index in [-0.39, 0.29) is 29.5 Å². The fraction of sp³-hybridized carbons (Fsp3) is 0.227. The summed E-state index contributed by atoms with van der Waals surface area (Å²) in [6, 6.07) is 8.40. The maximum atomic E-state index is 14.4. The highest BCUT2D eigenvalue weighted by Gasteiger charge is 2.35. The Morgan fingerprint density at radius 3 is 2.61 bits per heavy atom. The molecule has 2 aromatic carbocycles. The molecule has 0 atom stereocenters. The number of rotatable bonds is 7. The molecule has 36 heavy (non-hydrogen) atoms. The number of hydrogen-bond donors (Lipinski definition) is 3.